The predicted octanol–water partition coefficient (Wildman–Crippen LogP) is 2.00. The molecule has 8 nitrogen and oxygen atoms in total. The number of aliphatic carboxylic acids is 1. The molecule has 1 saturated heterocycles. The molecule has 2 unspecified atom stereocenters. The number of carboxylic acid groups (broad SMARTS) is 1. The lowest BCUT2D eigenvalue weighted by Gasteiger charge is -2.29. The van der Waals surface area contributed by atoms with Crippen LogP contribution in [0.25, 0.3) is 11.4 Å². The number of carbonyl (C=O) groups excluding carboxylic acids is 1. The van der Waals surface area contributed by atoms with E-state index in [9.17, 15) is 9.59 Å². The van der Waals surface area contributed by atoms with Crippen LogP contribution < -0.4 is 0 Å². The Morgan fingerprint density at radius 1 is 1.27 bits per heavy atom. The summed E-state index contributed by atoms with van der Waals surface area (Å²) in [5.41, 5.74) is 0.832. The fourth-order valence-corrected chi connectivity index (χ4v) is 3.41. The molecule has 26 heavy (non-hydrogen) atoms. The van der Waals surface area contributed by atoms with Gasteiger partial charge in [-0.15, -0.1) is 10.2 Å². The topological polar surface area (TPSA) is 101 Å². The molecule has 1 aliphatic rings. The highest BCUT2D eigenvalue weighted by Crippen LogP contribution is 2.27. The third-order valence-electron chi connectivity index (χ3n) is 4.66. The molecule has 1 aromatic heterocycles. The summed E-state index contributed by atoms with van der Waals surface area (Å²) in [5.74, 6) is -0.610. The molecular weight excluding hydrogens is 334 g/mol. The quantitative estimate of drug-likeness (QED) is 0.848. The Morgan fingerprint density at radius 3 is 2.65 bits per heavy atom. The first-order valence-corrected chi connectivity index (χ1v) is 8.84. The summed E-state index contributed by atoms with van der Waals surface area (Å²) < 4.78 is 0. The van der Waals surface area contributed by atoms with Gasteiger partial charge in [-0.1, -0.05) is 44.2 Å². The Morgan fingerprint density at radius 2 is 2.00 bits per heavy atom. The van der Waals surface area contributed by atoms with Gasteiger partial charge >= 0.3 is 5.97 Å². The lowest BCUT2D eigenvalue weighted by Crippen LogP contribution is -2.43. The van der Waals surface area contributed by atoms with Crippen molar-refractivity contribution in [3.63, 3.8) is 0 Å². The summed E-state index contributed by atoms with van der Waals surface area (Å²) in [4.78, 5) is 27.2. The number of aromatic nitrogens is 4. The van der Waals surface area contributed by atoms with E-state index in [1.807, 2.05) is 44.2 Å². The molecule has 1 aliphatic heterocycles. The minimum atomic E-state index is -0.888. The largest absolute Gasteiger partial charge is 0.481 e. The van der Waals surface area contributed by atoms with Gasteiger partial charge in [-0.2, -0.15) is 4.80 Å². The van der Waals surface area contributed by atoms with Gasteiger partial charge in [0.1, 0.15) is 0 Å². The number of carbonyl (C=O) groups is 2. The second-order valence-corrected chi connectivity index (χ2v) is 6.91. The number of hydrogen-bond donors (Lipinski definition) is 1. The average Bonchev–Trinajstić information content (AvgIpc) is 3.24. The molecule has 0 radical (unpaired) electrons. The van der Waals surface area contributed by atoms with Gasteiger partial charge in [0.2, 0.25) is 11.7 Å². The summed E-state index contributed by atoms with van der Waals surface area (Å²) in [6.07, 6.45) is 1.49. The third-order valence-corrected chi connectivity index (χ3v) is 4.66. The van der Waals surface area contributed by atoms with Gasteiger partial charge in [-0.3, -0.25) is 9.59 Å². The molecule has 1 aromatic carbocycles. The molecule has 0 spiro atoms. The minimum absolute atomic E-state index is 0.0311. The minimum Gasteiger partial charge on any atom is -0.481 e. The Labute approximate surface area is 151 Å². The number of benzene rings is 1. The van der Waals surface area contributed by atoms with Crippen LogP contribution >= 0.6 is 0 Å². The van der Waals surface area contributed by atoms with Crippen LogP contribution in [-0.4, -0.2) is 54.7 Å². The fraction of sp³-hybridized carbons (Fsp3) is 0.500. The highest BCUT2D eigenvalue weighted by atomic mass is 16.4. The Kier molecular flexibility index (Phi) is 5.29. The number of hydrogen-bond acceptors (Lipinski definition) is 5. The van der Waals surface area contributed by atoms with E-state index in [2.05, 4.69) is 15.4 Å². The monoisotopic (exact) mass is 357 g/mol. The number of nitrogens with zero attached hydrogens (tertiary/aromatic N) is 5. The molecule has 2 aromatic rings. The number of tetrazole rings is 1. The summed E-state index contributed by atoms with van der Waals surface area (Å²) in [7, 11) is 0. The van der Waals surface area contributed by atoms with Crippen molar-refractivity contribution in [3.8, 4) is 11.4 Å². The zero-order valence-electron chi connectivity index (χ0n) is 14.9. The Bertz CT molecular complexity index is 774. The van der Waals surface area contributed by atoms with Crippen LogP contribution in [0.3, 0.4) is 0 Å². The van der Waals surface area contributed by atoms with Crippen molar-refractivity contribution in [1.29, 1.82) is 0 Å². The molecule has 1 N–H and O–H groups in total. The summed E-state index contributed by atoms with van der Waals surface area (Å²) in [5, 5.41) is 21.7. The molecule has 1 fully saturated rings. The second-order valence-electron chi connectivity index (χ2n) is 6.91. The maximum absolute atomic E-state index is 13.1. The first-order chi connectivity index (χ1) is 12.5. The zero-order chi connectivity index (χ0) is 18.7. The van der Waals surface area contributed by atoms with E-state index in [1.54, 1.807) is 4.90 Å². The number of carboxylic acids is 1. The van der Waals surface area contributed by atoms with Crippen molar-refractivity contribution in [2.24, 2.45) is 5.92 Å². The Hall–Kier alpha value is -2.77. The van der Waals surface area contributed by atoms with Crippen molar-refractivity contribution in [2.75, 3.05) is 6.54 Å². The molecule has 0 bridgehead atoms. The van der Waals surface area contributed by atoms with Crippen molar-refractivity contribution in [2.45, 2.75) is 45.2 Å². The SMILES string of the molecule is CC(C)C(C(=O)N1CCCC1CC(=O)O)n1nnc(-c2ccccc2)n1. The summed E-state index contributed by atoms with van der Waals surface area (Å²) >= 11 is 0. The molecular formula is C18H23N5O3. The van der Waals surface area contributed by atoms with E-state index in [-0.39, 0.29) is 24.3 Å². The van der Waals surface area contributed by atoms with Gasteiger partial charge < -0.3 is 10.0 Å². The lowest BCUT2D eigenvalue weighted by molar-refractivity contribution is -0.141. The molecule has 138 valence electrons. The molecule has 1 amide bonds. The Balaban J connectivity index is 1.84. The van der Waals surface area contributed by atoms with Gasteiger partial charge in [0.15, 0.2) is 6.04 Å². The number of amides is 1. The van der Waals surface area contributed by atoms with E-state index >= 15 is 0 Å². The molecule has 3 rings (SSSR count). The normalized spacial score (nSPS) is 18.3. The van der Waals surface area contributed by atoms with E-state index in [4.69, 9.17) is 5.11 Å². The lowest BCUT2D eigenvalue weighted by atomic mass is 10.0. The average molecular weight is 357 g/mol. The van der Waals surface area contributed by atoms with E-state index in [0.717, 1.165) is 12.0 Å². The van der Waals surface area contributed by atoms with Gasteiger partial charge in [0.25, 0.3) is 0 Å². The van der Waals surface area contributed by atoms with E-state index in [0.29, 0.717) is 18.8 Å². The van der Waals surface area contributed by atoms with Crippen LogP contribution in [0.4, 0.5) is 0 Å². The molecule has 0 saturated carbocycles. The smallest absolute Gasteiger partial charge is 0.305 e. The van der Waals surface area contributed by atoms with Crippen molar-refractivity contribution < 1.29 is 14.7 Å². The van der Waals surface area contributed by atoms with Crippen LogP contribution in [0.15, 0.2) is 30.3 Å². The first-order valence-electron chi connectivity index (χ1n) is 8.84. The fourth-order valence-electron chi connectivity index (χ4n) is 3.41. The second kappa shape index (κ2) is 7.63. The molecule has 0 aliphatic carbocycles. The van der Waals surface area contributed by atoms with Crippen LogP contribution in [0.1, 0.15) is 39.2 Å². The van der Waals surface area contributed by atoms with E-state index < -0.39 is 12.0 Å². The van der Waals surface area contributed by atoms with Crippen LogP contribution in [0.2, 0.25) is 0 Å². The van der Waals surface area contributed by atoms with Crippen molar-refractivity contribution in [3.05, 3.63) is 30.3 Å². The van der Waals surface area contributed by atoms with Gasteiger partial charge in [0, 0.05) is 18.2 Å². The zero-order valence-corrected chi connectivity index (χ0v) is 14.9. The van der Waals surface area contributed by atoms with Gasteiger partial charge in [-0.25, -0.2) is 0 Å². The highest BCUT2D eigenvalue weighted by Gasteiger charge is 2.37. The van der Waals surface area contributed by atoms with Crippen molar-refractivity contribution >= 4 is 11.9 Å². The molecule has 2 atom stereocenters. The highest BCUT2D eigenvalue weighted by molar-refractivity contribution is 5.82. The number of likely N-dealkylation sites (tertiary alicyclic amines) is 1. The van der Waals surface area contributed by atoms with E-state index in [1.165, 1.54) is 4.80 Å². The summed E-state index contributed by atoms with van der Waals surface area (Å²) in [6, 6.07) is 8.59. The first kappa shape index (κ1) is 18.0. The maximum Gasteiger partial charge on any atom is 0.305 e. The number of rotatable bonds is 6. The summed E-state index contributed by atoms with van der Waals surface area (Å²) in [6.45, 7) is 4.42. The third kappa shape index (κ3) is 3.74. The standard InChI is InChI=1S/C18H23N5O3/c1-12(2)16(18(26)22-10-6-9-14(22)11-15(24)25)23-20-17(19-21-23)13-7-4-3-5-8-13/h3-5,7-8,12,14,16H,6,9-11H2,1-2H3,(H,24,25). The molecule has 8 heteroatoms. The predicted molar refractivity (Wildman–Crippen MR) is 94.1 cm³/mol. The van der Waals surface area contributed by atoms with Crippen LogP contribution in [0, 0.1) is 5.92 Å². The van der Waals surface area contributed by atoms with Crippen LogP contribution in [0.5, 0.6) is 0 Å². The molecule has 2 heterocycles. The van der Waals surface area contributed by atoms with Gasteiger partial charge in [-0.05, 0) is 24.0 Å². The van der Waals surface area contributed by atoms with Crippen LogP contribution in [-0.2, 0) is 9.59 Å². The maximum atomic E-state index is 13.1. The van der Waals surface area contributed by atoms with Crippen molar-refractivity contribution in [1.82, 2.24) is 25.1 Å². The van der Waals surface area contributed by atoms with Gasteiger partial charge in [0.05, 0.1) is 6.42 Å².